The summed E-state index contributed by atoms with van der Waals surface area (Å²) in [6, 6.07) is 22.6. The lowest BCUT2D eigenvalue weighted by Gasteiger charge is -2.08. The molecule has 3 aromatic carbocycles. The number of aryl methyl sites for hydroxylation is 1. The molecule has 0 saturated carbocycles. The van der Waals surface area contributed by atoms with Gasteiger partial charge in [0.2, 0.25) is 0 Å². The average Bonchev–Trinajstić information content (AvgIpc) is 2.75. The number of nitriles is 1. The summed E-state index contributed by atoms with van der Waals surface area (Å²) in [6.45, 7) is 2.06. The van der Waals surface area contributed by atoms with Gasteiger partial charge in [0.1, 0.15) is 11.6 Å². The van der Waals surface area contributed by atoms with Gasteiger partial charge in [0, 0.05) is 22.2 Å². The standard InChI is InChI=1S/C25H20Cl2N2O/c1-2-17-8-11-22(12-9-17)29-25(30)21(16-28)13-18-7-10-20(24(27)14-18)15-19-5-3-4-6-23(19)26/h3-14H,2,15H2,1H3,(H,29,30)/b21-13+. The van der Waals surface area contributed by atoms with E-state index in [2.05, 4.69) is 12.2 Å². The van der Waals surface area contributed by atoms with Crippen LogP contribution in [0.3, 0.4) is 0 Å². The first-order valence-electron chi connectivity index (χ1n) is 9.54. The Labute approximate surface area is 186 Å². The molecule has 0 unspecified atom stereocenters. The molecule has 0 heterocycles. The van der Waals surface area contributed by atoms with Crippen LogP contribution < -0.4 is 5.32 Å². The summed E-state index contributed by atoms with van der Waals surface area (Å²) in [5, 5.41) is 13.4. The lowest BCUT2D eigenvalue weighted by Crippen LogP contribution is -2.13. The largest absolute Gasteiger partial charge is 0.321 e. The van der Waals surface area contributed by atoms with E-state index in [1.807, 2.05) is 66.7 Å². The molecule has 0 saturated heterocycles. The molecule has 0 atom stereocenters. The van der Waals surface area contributed by atoms with Gasteiger partial charge >= 0.3 is 0 Å². The van der Waals surface area contributed by atoms with E-state index in [1.165, 1.54) is 11.6 Å². The van der Waals surface area contributed by atoms with Crippen molar-refractivity contribution in [3.63, 3.8) is 0 Å². The third-order valence-electron chi connectivity index (χ3n) is 4.71. The fourth-order valence-electron chi connectivity index (χ4n) is 2.98. The van der Waals surface area contributed by atoms with Gasteiger partial charge in [-0.1, -0.05) is 72.6 Å². The number of nitrogens with one attached hydrogen (secondary N) is 1. The van der Waals surface area contributed by atoms with Gasteiger partial charge in [-0.05, 0) is 59.0 Å². The van der Waals surface area contributed by atoms with Crippen LogP contribution in [-0.4, -0.2) is 5.91 Å². The van der Waals surface area contributed by atoms with E-state index in [1.54, 1.807) is 6.07 Å². The molecule has 0 aliphatic carbocycles. The first-order chi connectivity index (χ1) is 14.5. The number of rotatable bonds is 6. The minimum atomic E-state index is -0.460. The topological polar surface area (TPSA) is 52.9 Å². The van der Waals surface area contributed by atoms with Crippen LogP contribution in [0.1, 0.15) is 29.2 Å². The first kappa shape index (κ1) is 21.6. The summed E-state index contributed by atoms with van der Waals surface area (Å²) in [5.74, 6) is -0.460. The number of nitrogens with zero attached hydrogens (tertiary/aromatic N) is 1. The molecule has 0 aliphatic heterocycles. The van der Waals surface area contributed by atoms with Crippen LogP contribution in [0.25, 0.3) is 6.08 Å². The maximum absolute atomic E-state index is 12.5. The van der Waals surface area contributed by atoms with Crippen LogP contribution in [0.2, 0.25) is 10.0 Å². The van der Waals surface area contributed by atoms with E-state index in [0.717, 1.165) is 17.5 Å². The molecule has 30 heavy (non-hydrogen) atoms. The van der Waals surface area contributed by atoms with Gasteiger partial charge in [-0.25, -0.2) is 0 Å². The second kappa shape index (κ2) is 10.1. The van der Waals surface area contributed by atoms with E-state index in [-0.39, 0.29) is 5.57 Å². The van der Waals surface area contributed by atoms with E-state index in [9.17, 15) is 10.1 Å². The molecule has 0 aliphatic rings. The van der Waals surface area contributed by atoms with Crippen LogP contribution in [0.5, 0.6) is 0 Å². The number of hydrogen-bond donors (Lipinski definition) is 1. The van der Waals surface area contributed by atoms with E-state index in [0.29, 0.717) is 27.7 Å². The second-order valence-electron chi connectivity index (χ2n) is 6.79. The number of benzene rings is 3. The summed E-state index contributed by atoms with van der Waals surface area (Å²) in [7, 11) is 0. The molecule has 0 bridgehead atoms. The Morgan fingerprint density at radius 2 is 1.70 bits per heavy atom. The van der Waals surface area contributed by atoms with Crippen molar-refractivity contribution in [1.82, 2.24) is 0 Å². The molecule has 3 rings (SSSR count). The van der Waals surface area contributed by atoms with Crippen LogP contribution in [0.15, 0.2) is 72.3 Å². The summed E-state index contributed by atoms with van der Waals surface area (Å²) in [4.78, 5) is 12.5. The Kier molecular flexibility index (Phi) is 7.30. The number of carbonyl (C=O) groups is 1. The highest BCUT2D eigenvalue weighted by molar-refractivity contribution is 6.32. The molecular weight excluding hydrogens is 415 g/mol. The van der Waals surface area contributed by atoms with Crippen molar-refractivity contribution in [3.05, 3.63) is 105 Å². The van der Waals surface area contributed by atoms with E-state index in [4.69, 9.17) is 23.2 Å². The van der Waals surface area contributed by atoms with Crippen molar-refractivity contribution in [3.8, 4) is 6.07 Å². The predicted octanol–water partition coefficient (Wildman–Crippen LogP) is 6.69. The highest BCUT2D eigenvalue weighted by atomic mass is 35.5. The monoisotopic (exact) mass is 434 g/mol. The molecule has 150 valence electrons. The third-order valence-corrected chi connectivity index (χ3v) is 5.43. The first-order valence-corrected chi connectivity index (χ1v) is 10.3. The predicted molar refractivity (Wildman–Crippen MR) is 124 cm³/mol. The van der Waals surface area contributed by atoms with Crippen molar-refractivity contribution in [2.45, 2.75) is 19.8 Å². The molecule has 1 amide bonds. The Balaban J connectivity index is 1.76. The van der Waals surface area contributed by atoms with Crippen LogP contribution in [-0.2, 0) is 17.6 Å². The van der Waals surface area contributed by atoms with Gasteiger partial charge in [-0.2, -0.15) is 5.26 Å². The maximum Gasteiger partial charge on any atom is 0.266 e. The molecule has 0 aromatic heterocycles. The quantitative estimate of drug-likeness (QED) is 0.346. The van der Waals surface area contributed by atoms with Gasteiger partial charge in [0.05, 0.1) is 0 Å². The van der Waals surface area contributed by atoms with Crippen molar-refractivity contribution in [2.75, 3.05) is 5.32 Å². The zero-order chi connectivity index (χ0) is 21.5. The van der Waals surface area contributed by atoms with Gasteiger partial charge in [0.25, 0.3) is 5.91 Å². The van der Waals surface area contributed by atoms with E-state index >= 15 is 0 Å². The molecule has 5 heteroatoms. The zero-order valence-corrected chi connectivity index (χ0v) is 18.0. The number of hydrogen-bond acceptors (Lipinski definition) is 2. The minimum absolute atomic E-state index is 0.00416. The third kappa shape index (κ3) is 5.51. The van der Waals surface area contributed by atoms with Crippen LogP contribution >= 0.6 is 23.2 Å². The average molecular weight is 435 g/mol. The van der Waals surface area contributed by atoms with Crippen molar-refractivity contribution in [1.29, 1.82) is 5.26 Å². The van der Waals surface area contributed by atoms with Gasteiger partial charge in [-0.15, -0.1) is 0 Å². The summed E-state index contributed by atoms with van der Waals surface area (Å²) in [5.41, 5.74) is 4.40. The fraction of sp³-hybridized carbons (Fsp3) is 0.120. The molecular formula is C25H20Cl2N2O. The molecule has 3 nitrogen and oxygen atoms in total. The Morgan fingerprint density at radius 1 is 1.00 bits per heavy atom. The smallest absolute Gasteiger partial charge is 0.266 e. The molecule has 0 fully saturated rings. The Morgan fingerprint density at radius 3 is 2.33 bits per heavy atom. The maximum atomic E-state index is 12.5. The van der Waals surface area contributed by atoms with Crippen LogP contribution in [0, 0.1) is 11.3 Å². The number of carbonyl (C=O) groups excluding carboxylic acids is 1. The van der Waals surface area contributed by atoms with E-state index < -0.39 is 5.91 Å². The summed E-state index contributed by atoms with van der Waals surface area (Å²) in [6.07, 6.45) is 3.05. The zero-order valence-electron chi connectivity index (χ0n) is 16.5. The normalized spacial score (nSPS) is 11.1. The SMILES string of the molecule is CCc1ccc(NC(=O)/C(C#N)=C/c2ccc(Cc3ccccc3Cl)c(Cl)c2)cc1. The van der Waals surface area contributed by atoms with Gasteiger partial charge in [-0.3, -0.25) is 4.79 Å². The molecule has 3 aromatic rings. The highest BCUT2D eigenvalue weighted by Gasteiger charge is 2.11. The molecule has 0 radical (unpaired) electrons. The fourth-order valence-corrected chi connectivity index (χ4v) is 3.44. The lowest BCUT2D eigenvalue weighted by atomic mass is 10.0. The van der Waals surface area contributed by atoms with Crippen molar-refractivity contribution in [2.24, 2.45) is 0 Å². The second-order valence-corrected chi connectivity index (χ2v) is 7.61. The number of anilines is 1. The molecule has 1 N–H and O–H groups in total. The van der Waals surface area contributed by atoms with Gasteiger partial charge < -0.3 is 5.32 Å². The molecule has 0 spiro atoms. The Bertz CT molecular complexity index is 1130. The summed E-state index contributed by atoms with van der Waals surface area (Å²) < 4.78 is 0. The van der Waals surface area contributed by atoms with Crippen molar-refractivity contribution >= 4 is 40.9 Å². The summed E-state index contributed by atoms with van der Waals surface area (Å²) >= 11 is 12.7. The van der Waals surface area contributed by atoms with Crippen LogP contribution in [0.4, 0.5) is 5.69 Å². The minimum Gasteiger partial charge on any atom is -0.321 e. The lowest BCUT2D eigenvalue weighted by molar-refractivity contribution is -0.112. The van der Waals surface area contributed by atoms with Gasteiger partial charge in [0.15, 0.2) is 0 Å². The number of amides is 1. The number of halogens is 2. The highest BCUT2D eigenvalue weighted by Crippen LogP contribution is 2.25. The Hall–Kier alpha value is -3.06. The van der Waals surface area contributed by atoms with Crippen molar-refractivity contribution < 1.29 is 4.79 Å².